The van der Waals surface area contributed by atoms with E-state index in [0.717, 1.165) is 16.8 Å². The number of nitro groups is 1. The number of rotatable bonds is 10. The van der Waals surface area contributed by atoms with Crippen molar-refractivity contribution < 1.29 is 19.6 Å². The Morgan fingerprint density at radius 3 is 2.63 bits per heavy atom. The van der Waals surface area contributed by atoms with Gasteiger partial charge in [-0.2, -0.15) is 5.10 Å². The van der Waals surface area contributed by atoms with Crippen LogP contribution >= 0.6 is 0 Å². The van der Waals surface area contributed by atoms with E-state index in [1.807, 2.05) is 45.0 Å². The normalized spacial score (nSPS) is 17.8. The summed E-state index contributed by atoms with van der Waals surface area (Å²) in [6, 6.07) is 12.2. The second kappa shape index (κ2) is 10.9. The highest BCUT2D eigenvalue weighted by molar-refractivity contribution is 6.05. The summed E-state index contributed by atoms with van der Waals surface area (Å²) in [6.45, 7) is 7.57. The smallest absolute Gasteiger partial charge is 0.313 e. The highest BCUT2D eigenvalue weighted by Gasteiger charge is 2.29. The van der Waals surface area contributed by atoms with Crippen molar-refractivity contribution in [2.24, 2.45) is 16.8 Å². The Hall–Kier alpha value is -3.34. The summed E-state index contributed by atoms with van der Waals surface area (Å²) in [7, 11) is 0. The quantitative estimate of drug-likeness (QED) is 0.299. The number of nitrogens with zero attached hydrogens (tertiary/aromatic N) is 2. The van der Waals surface area contributed by atoms with Gasteiger partial charge >= 0.3 is 5.69 Å². The number of β-amino-alcohol motifs (C(OH)–C–C–N with tert-alkyl or cyclic N) is 1. The van der Waals surface area contributed by atoms with Crippen molar-refractivity contribution in [1.82, 2.24) is 10.7 Å². The van der Waals surface area contributed by atoms with Crippen LogP contribution in [0.1, 0.15) is 49.9 Å². The summed E-state index contributed by atoms with van der Waals surface area (Å²) in [4.78, 5) is 22.3. The van der Waals surface area contributed by atoms with Crippen LogP contribution in [0.2, 0.25) is 0 Å². The van der Waals surface area contributed by atoms with Gasteiger partial charge in [0.1, 0.15) is 12.7 Å². The molecule has 0 spiro atoms. The van der Waals surface area contributed by atoms with Crippen LogP contribution in [0.4, 0.5) is 5.69 Å². The summed E-state index contributed by atoms with van der Waals surface area (Å²) >= 11 is 0. The average molecular weight is 484 g/mol. The SMILES string of the molecule is Cc1cccc(OCC(O)CNC(C)(C)C(N)c2ccc(C3=NNC(=O)CC3C)cc2)c1[N+](=O)[O-]. The third-order valence-corrected chi connectivity index (χ3v) is 6.21. The van der Waals surface area contributed by atoms with E-state index in [9.17, 15) is 20.0 Å². The Bertz CT molecular complexity index is 1100. The summed E-state index contributed by atoms with van der Waals surface area (Å²) in [5.41, 5.74) is 11.5. The van der Waals surface area contributed by atoms with E-state index in [2.05, 4.69) is 15.8 Å². The van der Waals surface area contributed by atoms with Gasteiger partial charge in [-0.25, -0.2) is 5.43 Å². The molecular weight excluding hydrogens is 450 g/mol. The summed E-state index contributed by atoms with van der Waals surface area (Å²) in [5, 5.41) is 29.2. The van der Waals surface area contributed by atoms with Crippen LogP contribution in [0.3, 0.4) is 0 Å². The van der Waals surface area contributed by atoms with Gasteiger partial charge in [-0.05, 0) is 38.0 Å². The summed E-state index contributed by atoms with van der Waals surface area (Å²) in [5.74, 6) is 0.0743. The van der Waals surface area contributed by atoms with Crippen LogP contribution in [0.25, 0.3) is 0 Å². The van der Waals surface area contributed by atoms with Gasteiger partial charge in [0, 0.05) is 36.0 Å². The molecule has 3 atom stereocenters. The lowest BCUT2D eigenvalue weighted by molar-refractivity contribution is -0.386. The fraction of sp³-hybridized carbons (Fsp3) is 0.440. The minimum atomic E-state index is -0.898. The molecule has 0 aliphatic carbocycles. The zero-order valence-electron chi connectivity index (χ0n) is 20.4. The second-order valence-corrected chi connectivity index (χ2v) is 9.48. The number of nitrogens with two attached hydrogens (primary N) is 1. The van der Waals surface area contributed by atoms with Crippen molar-refractivity contribution in [3.8, 4) is 5.75 Å². The molecule has 3 unspecified atom stereocenters. The third kappa shape index (κ3) is 6.41. The number of ether oxygens (including phenoxy) is 1. The highest BCUT2D eigenvalue weighted by Crippen LogP contribution is 2.30. The molecule has 1 aliphatic heterocycles. The molecular formula is C25H33N5O5. The molecule has 5 N–H and O–H groups in total. The Morgan fingerprint density at radius 2 is 2.00 bits per heavy atom. The minimum absolute atomic E-state index is 0.0336. The molecule has 3 rings (SSSR count). The number of para-hydroxylation sites is 1. The fourth-order valence-electron chi connectivity index (χ4n) is 4.00. The van der Waals surface area contributed by atoms with Crippen LogP contribution in [-0.4, -0.2) is 46.4 Å². The number of aryl methyl sites for hydroxylation is 1. The molecule has 10 heteroatoms. The van der Waals surface area contributed by atoms with Crippen LogP contribution in [0.15, 0.2) is 47.6 Å². The lowest BCUT2D eigenvalue weighted by Crippen LogP contribution is -2.51. The van der Waals surface area contributed by atoms with Gasteiger partial charge in [0.15, 0.2) is 5.75 Å². The van der Waals surface area contributed by atoms with Crippen LogP contribution in [0, 0.1) is 23.0 Å². The van der Waals surface area contributed by atoms with Crippen molar-refractivity contribution in [2.45, 2.75) is 51.8 Å². The van der Waals surface area contributed by atoms with Crippen molar-refractivity contribution in [3.63, 3.8) is 0 Å². The van der Waals surface area contributed by atoms with Crippen molar-refractivity contribution in [1.29, 1.82) is 0 Å². The van der Waals surface area contributed by atoms with Gasteiger partial charge in [-0.3, -0.25) is 14.9 Å². The van der Waals surface area contributed by atoms with Crippen molar-refractivity contribution >= 4 is 17.3 Å². The molecule has 35 heavy (non-hydrogen) atoms. The molecule has 0 saturated heterocycles. The zero-order valence-corrected chi connectivity index (χ0v) is 20.4. The number of carbonyl (C=O) groups is 1. The molecule has 1 aliphatic rings. The Labute approximate surface area is 204 Å². The number of nitrogens with one attached hydrogen (secondary N) is 2. The fourth-order valence-corrected chi connectivity index (χ4v) is 4.00. The summed E-state index contributed by atoms with van der Waals surface area (Å²) in [6.07, 6.45) is -0.495. The number of aliphatic hydroxyl groups is 1. The van der Waals surface area contributed by atoms with Crippen molar-refractivity contribution in [3.05, 3.63) is 69.3 Å². The van der Waals surface area contributed by atoms with Crippen LogP contribution in [-0.2, 0) is 4.79 Å². The maximum atomic E-state index is 11.5. The number of carbonyl (C=O) groups excluding carboxylic acids is 1. The number of hydrogen-bond acceptors (Lipinski definition) is 8. The number of nitro benzene ring substituents is 1. The average Bonchev–Trinajstić information content (AvgIpc) is 2.81. The molecule has 0 aromatic heterocycles. The Kier molecular flexibility index (Phi) is 8.21. The van der Waals surface area contributed by atoms with E-state index < -0.39 is 16.6 Å². The second-order valence-electron chi connectivity index (χ2n) is 9.48. The first-order valence-electron chi connectivity index (χ1n) is 11.5. The number of hydrazone groups is 1. The van der Waals surface area contributed by atoms with E-state index in [4.69, 9.17) is 10.5 Å². The Morgan fingerprint density at radius 1 is 1.31 bits per heavy atom. The van der Waals surface area contributed by atoms with E-state index in [1.54, 1.807) is 19.1 Å². The molecule has 2 aromatic carbocycles. The Balaban J connectivity index is 1.57. The van der Waals surface area contributed by atoms with Gasteiger partial charge in [-0.15, -0.1) is 0 Å². The van der Waals surface area contributed by atoms with Gasteiger partial charge in [0.05, 0.1) is 10.6 Å². The predicted octanol–water partition coefficient (Wildman–Crippen LogP) is 2.57. The molecule has 0 fully saturated rings. The van der Waals surface area contributed by atoms with Gasteiger partial charge in [-0.1, -0.05) is 43.3 Å². The lowest BCUT2D eigenvalue weighted by Gasteiger charge is -2.34. The molecule has 1 heterocycles. The maximum absolute atomic E-state index is 11.5. The molecule has 0 bridgehead atoms. The largest absolute Gasteiger partial charge is 0.484 e. The molecule has 0 saturated carbocycles. The zero-order chi connectivity index (χ0) is 25.8. The van der Waals surface area contributed by atoms with Gasteiger partial charge in [0.25, 0.3) is 0 Å². The molecule has 2 aromatic rings. The number of benzene rings is 2. The first-order chi connectivity index (χ1) is 16.5. The van der Waals surface area contributed by atoms with Gasteiger partial charge < -0.3 is 20.9 Å². The van der Waals surface area contributed by atoms with E-state index in [1.165, 1.54) is 6.07 Å². The topological polar surface area (TPSA) is 152 Å². The molecule has 1 amide bonds. The number of aliphatic hydroxyl groups excluding tert-OH is 1. The van der Waals surface area contributed by atoms with Crippen LogP contribution < -0.4 is 21.2 Å². The van der Waals surface area contributed by atoms with Gasteiger partial charge in [0.2, 0.25) is 5.91 Å². The monoisotopic (exact) mass is 483 g/mol. The highest BCUT2D eigenvalue weighted by atomic mass is 16.6. The molecule has 10 nitrogen and oxygen atoms in total. The minimum Gasteiger partial charge on any atom is -0.484 e. The number of hydrogen-bond donors (Lipinski definition) is 4. The molecule has 188 valence electrons. The molecule has 0 radical (unpaired) electrons. The van der Waals surface area contributed by atoms with Crippen molar-refractivity contribution in [2.75, 3.05) is 13.2 Å². The maximum Gasteiger partial charge on any atom is 0.313 e. The van der Waals surface area contributed by atoms with Crippen LogP contribution in [0.5, 0.6) is 5.75 Å². The standard InChI is InChI=1S/C25H33N5O5/c1-15-6-5-7-20(23(15)30(33)34)35-14-19(31)13-27-25(3,4)24(26)18-10-8-17(9-11-18)22-16(2)12-21(32)28-29-22/h5-11,16,19,24,27,31H,12-14,26H2,1-4H3,(H,28,32). The van der Waals surface area contributed by atoms with E-state index in [0.29, 0.717) is 12.0 Å². The predicted molar refractivity (Wildman–Crippen MR) is 133 cm³/mol. The van der Waals surface area contributed by atoms with E-state index >= 15 is 0 Å². The third-order valence-electron chi connectivity index (χ3n) is 6.21. The lowest BCUT2D eigenvalue weighted by atomic mass is 9.87. The first-order valence-corrected chi connectivity index (χ1v) is 11.5. The summed E-state index contributed by atoms with van der Waals surface area (Å²) < 4.78 is 5.54. The number of amides is 1. The first kappa shape index (κ1) is 26.3. The van der Waals surface area contributed by atoms with E-state index in [-0.39, 0.29) is 42.5 Å².